The molecule has 0 aliphatic carbocycles. The van der Waals surface area contributed by atoms with Gasteiger partial charge in [0, 0.05) is 38.6 Å². The number of amides is 2. The molecule has 0 spiro atoms. The Hall–Kier alpha value is -3.47. The van der Waals surface area contributed by atoms with Gasteiger partial charge in [0.25, 0.3) is 11.8 Å². The number of likely N-dealkylation sites (tertiary alicyclic amines) is 2. The Bertz CT molecular complexity index is 1060. The number of hydrogen-bond acceptors (Lipinski definition) is 3. The molecular formula is C31H35N3O2. The summed E-state index contributed by atoms with van der Waals surface area (Å²) in [6.07, 6.45) is 9.35. The third-order valence-electron chi connectivity index (χ3n) is 7.77. The number of benzene rings is 2. The molecule has 5 rings (SSSR count). The molecule has 0 bridgehead atoms. The first-order valence-corrected chi connectivity index (χ1v) is 13.3. The molecule has 0 unspecified atom stereocenters. The molecule has 2 fully saturated rings. The van der Waals surface area contributed by atoms with Crippen LogP contribution in [-0.2, 0) is 12.8 Å². The third-order valence-corrected chi connectivity index (χ3v) is 7.77. The van der Waals surface area contributed by atoms with Gasteiger partial charge in [0.05, 0.1) is 11.1 Å². The van der Waals surface area contributed by atoms with Crippen LogP contribution in [0.4, 0.5) is 0 Å². The van der Waals surface area contributed by atoms with Crippen molar-refractivity contribution in [2.75, 3.05) is 26.2 Å². The predicted molar refractivity (Wildman–Crippen MR) is 142 cm³/mol. The van der Waals surface area contributed by atoms with Gasteiger partial charge in [-0.3, -0.25) is 14.6 Å². The number of pyridine rings is 1. The van der Waals surface area contributed by atoms with Gasteiger partial charge < -0.3 is 9.80 Å². The lowest BCUT2D eigenvalue weighted by Gasteiger charge is -2.33. The van der Waals surface area contributed by atoms with E-state index in [1.807, 2.05) is 21.9 Å². The van der Waals surface area contributed by atoms with Crippen LogP contribution in [0.25, 0.3) is 0 Å². The van der Waals surface area contributed by atoms with Gasteiger partial charge in [-0.05, 0) is 67.6 Å². The largest absolute Gasteiger partial charge is 0.339 e. The number of aromatic nitrogens is 1. The summed E-state index contributed by atoms with van der Waals surface area (Å²) in [5.74, 6) is 1.17. The first-order valence-electron chi connectivity index (χ1n) is 13.3. The molecule has 36 heavy (non-hydrogen) atoms. The van der Waals surface area contributed by atoms with E-state index in [4.69, 9.17) is 0 Å². The van der Waals surface area contributed by atoms with Crippen molar-refractivity contribution < 1.29 is 9.59 Å². The second-order valence-corrected chi connectivity index (χ2v) is 10.3. The van der Waals surface area contributed by atoms with Crippen LogP contribution in [-0.4, -0.2) is 52.8 Å². The normalized spacial score (nSPS) is 17.2. The topological polar surface area (TPSA) is 53.5 Å². The van der Waals surface area contributed by atoms with Crippen molar-refractivity contribution in [3.8, 4) is 0 Å². The summed E-state index contributed by atoms with van der Waals surface area (Å²) in [6.45, 7) is 3.01. The maximum Gasteiger partial charge on any atom is 0.255 e. The van der Waals surface area contributed by atoms with Gasteiger partial charge in [0.2, 0.25) is 0 Å². The lowest BCUT2D eigenvalue weighted by Crippen LogP contribution is -2.40. The molecule has 2 aliphatic rings. The first-order chi connectivity index (χ1) is 17.7. The van der Waals surface area contributed by atoms with Gasteiger partial charge >= 0.3 is 0 Å². The molecule has 186 valence electrons. The molecule has 0 atom stereocenters. The monoisotopic (exact) mass is 481 g/mol. The average molecular weight is 482 g/mol. The minimum absolute atomic E-state index is 0.0168. The predicted octanol–water partition coefficient (Wildman–Crippen LogP) is 5.27. The van der Waals surface area contributed by atoms with Gasteiger partial charge in [0.15, 0.2) is 0 Å². The fourth-order valence-electron chi connectivity index (χ4n) is 5.61. The standard InChI is InChI=1S/C31H35N3O2/c35-30(33-15-11-26(12-16-33)19-24-7-3-1-4-8-24)28-21-29(23-32-22-28)31(36)34-17-13-27(14-18-34)20-25-9-5-2-6-10-25/h1-10,21-23,26-27H,11-20H2. The van der Waals surface area contributed by atoms with E-state index in [0.717, 1.165) is 64.7 Å². The van der Waals surface area contributed by atoms with Crippen LogP contribution in [0.3, 0.4) is 0 Å². The van der Waals surface area contributed by atoms with Crippen LogP contribution in [0.15, 0.2) is 79.1 Å². The van der Waals surface area contributed by atoms with E-state index in [0.29, 0.717) is 23.0 Å². The zero-order valence-electron chi connectivity index (χ0n) is 20.9. The number of carbonyl (C=O) groups excluding carboxylic acids is 2. The number of piperidine rings is 2. The zero-order valence-corrected chi connectivity index (χ0v) is 20.9. The van der Waals surface area contributed by atoms with Crippen molar-refractivity contribution in [1.82, 2.24) is 14.8 Å². The summed E-state index contributed by atoms with van der Waals surface area (Å²) in [6, 6.07) is 22.9. The van der Waals surface area contributed by atoms with E-state index in [-0.39, 0.29) is 11.8 Å². The molecule has 0 saturated carbocycles. The number of carbonyl (C=O) groups is 2. The van der Waals surface area contributed by atoms with Crippen molar-refractivity contribution in [2.24, 2.45) is 11.8 Å². The summed E-state index contributed by atoms with van der Waals surface area (Å²) in [4.78, 5) is 34.5. The Kier molecular flexibility index (Phi) is 7.75. The Morgan fingerprint density at radius 3 is 1.42 bits per heavy atom. The number of rotatable bonds is 6. The molecule has 2 saturated heterocycles. The minimum Gasteiger partial charge on any atom is -0.339 e. The second kappa shape index (κ2) is 11.5. The molecule has 2 aromatic carbocycles. The van der Waals surface area contributed by atoms with Crippen LogP contribution in [0.1, 0.15) is 57.5 Å². The summed E-state index contributed by atoms with van der Waals surface area (Å²) in [5, 5.41) is 0. The molecule has 5 nitrogen and oxygen atoms in total. The molecule has 3 heterocycles. The molecule has 0 radical (unpaired) electrons. The molecule has 2 amide bonds. The van der Waals surface area contributed by atoms with Gasteiger partial charge in [0.1, 0.15) is 0 Å². The van der Waals surface area contributed by atoms with Crippen LogP contribution in [0, 0.1) is 11.8 Å². The summed E-state index contributed by atoms with van der Waals surface area (Å²) in [7, 11) is 0. The van der Waals surface area contributed by atoms with E-state index in [9.17, 15) is 9.59 Å². The first kappa shape index (κ1) is 24.2. The summed E-state index contributed by atoms with van der Waals surface area (Å²) in [5.41, 5.74) is 3.76. The summed E-state index contributed by atoms with van der Waals surface area (Å²) >= 11 is 0. The zero-order chi connectivity index (χ0) is 24.7. The summed E-state index contributed by atoms with van der Waals surface area (Å²) < 4.78 is 0. The Morgan fingerprint density at radius 1 is 0.639 bits per heavy atom. The number of nitrogens with zero attached hydrogens (tertiary/aromatic N) is 3. The van der Waals surface area contributed by atoms with Crippen molar-refractivity contribution in [3.63, 3.8) is 0 Å². The lowest BCUT2D eigenvalue weighted by atomic mass is 9.90. The van der Waals surface area contributed by atoms with Gasteiger partial charge in [-0.15, -0.1) is 0 Å². The maximum atomic E-state index is 13.2. The maximum absolute atomic E-state index is 13.2. The highest BCUT2D eigenvalue weighted by Gasteiger charge is 2.27. The van der Waals surface area contributed by atoms with E-state index in [2.05, 4.69) is 53.5 Å². The lowest BCUT2D eigenvalue weighted by molar-refractivity contribution is 0.0688. The van der Waals surface area contributed by atoms with E-state index < -0.39 is 0 Å². The molecular weight excluding hydrogens is 446 g/mol. The van der Waals surface area contributed by atoms with E-state index in [1.54, 1.807) is 18.5 Å². The van der Waals surface area contributed by atoms with Gasteiger partial charge in [-0.1, -0.05) is 60.7 Å². The molecule has 2 aliphatic heterocycles. The van der Waals surface area contributed by atoms with Crippen LogP contribution >= 0.6 is 0 Å². The second-order valence-electron chi connectivity index (χ2n) is 10.3. The highest BCUT2D eigenvalue weighted by atomic mass is 16.2. The van der Waals surface area contributed by atoms with Crippen LogP contribution in [0.2, 0.25) is 0 Å². The number of hydrogen-bond donors (Lipinski definition) is 0. The van der Waals surface area contributed by atoms with E-state index >= 15 is 0 Å². The fraction of sp³-hybridized carbons (Fsp3) is 0.387. The minimum atomic E-state index is -0.0168. The Labute approximate surface area is 214 Å². The van der Waals surface area contributed by atoms with Crippen LogP contribution in [0.5, 0.6) is 0 Å². The van der Waals surface area contributed by atoms with E-state index in [1.165, 1.54) is 11.1 Å². The Morgan fingerprint density at radius 2 is 1.03 bits per heavy atom. The van der Waals surface area contributed by atoms with Gasteiger partial charge in [-0.2, -0.15) is 0 Å². The van der Waals surface area contributed by atoms with Gasteiger partial charge in [-0.25, -0.2) is 0 Å². The molecule has 0 N–H and O–H groups in total. The highest BCUT2D eigenvalue weighted by Crippen LogP contribution is 2.25. The highest BCUT2D eigenvalue weighted by molar-refractivity contribution is 5.99. The quantitative estimate of drug-likeness (QED) is 0.482. The Balaban J connectivity index is 1.13. The average Bonchev–Trinajstić information content (AvgIpc) is 2.94. The van der Waals surface area contributed by atoms with Crippen molar-refractivity contribution in [1.29, 1.82) is 0 Å². The molecule has 5 heteroatoms. The third kappa shape index (κ3) is 6.01. The van der Waals surface area contributed by atoms with Crippen molar-refractivity contribution >= 4 is 11.8 Å². The molecule has 1 aromatic heterocycles. The van der Waals surface area contributed by atoms with Crippen molar-refractivity contribution in [2.45, 2.75) is 38.5 Å². The van der Waals surface area contributed by atoms with Crippen LogP contribution < -0.4 is 0 Å². The SMILES string of the molecule is O=C(c1cncc(C(=O)N2CCC(Cc3ccccc3)CC2)c1)N1CCC(Cc2ccccc2)CC1. The van der Waals surface area contributed by atoms with Crippen molar-refractivity contribution in [3.05, 3.63) is 101 Å². The fourth-order valence-corrected chi connectivity index (χ4v) is 5.61. The molecule has 3 aromatic rings. The smallest absolute Gasteiger partial charge is 0.255 e.